The molecule has 0 aromatic rings. The molecule has 0 rings (SSSR count). The summed E-state index contributed by atoms with van der Waals surface area (Å²) in [6, 6.07) is 1.31. The van der Waals surface area contributed by atoms with Gasteiger partial charge in [-0.15, -0.1) is 0 Å². The van der Waals surface area contributed by atoms with E-state index in [1.54, 1.807) is 0 Å². The second-order valence-electron chi connectivity index (χ2n) is 4.30. The normalized spacial score (nSPS) is 10.8. The first kappa shape index (κ1) is 11.7. The van der Waals surface area contributed by atoms with Gasteiger partial charge in [-0.3, -0.25) is 0 Å². The first-order chi connectivity index (χ1) is 5.39. The summed E-state index contributed by atoms with van der Waals surface area (Å²) in [6.07, 6.45) is 0. The fourth-order valence-electron chi connectivity index (χ4n) is 1.56. The van der Waals surface area contributed by atoms with Gasteiger partial charge in [-0.2, -0.15) is 0 Å². The van der Waals surface area contributed by atoms with E-state index in [1.165, 1.54) is 17.2 Å². The van der Waals surface area contributed by atoms with Gasteiger partial charge in [0.15, 0.2) is 0 Å². The molecule has 0 amide bonds. The van der Waals surface area contributed by atoms with Crippen LogP contribution in [0, 0.1) is 0 Å². The molecule has 0 aromatic carbocycles. The summed E-state index contributed by atoms with van der Waals surface area (Å²) in [6.45, 7) is 13.5. The predicted octanol–water partition coefficient (Wildman–Crippen LogP) is 4.10. The lowest BCUT2D eigenvalue weighted by molar-refractivity contribution is 1.33. The van der Waals surface area contributed by atoms with Crippen LogP contribution in [0.1, 0.15) is 34.6 Å². The third-order valence-corrected chi connectivity index (χ3v) is 6.00. The van der Waals surface area contributed by atoms with Crippen LogP contribution < -0.4 is 0 Å². The van der Waals surface area contributed by atoms with Crippen molar-refractivity contribution in [3.8, 4) is 0 Å². The average molecular weight is 182 g/mol. The molecule has 0 saturated heterocycles. The minimum Gasteiger partial charge on any atom is -0.0919 e. The van der Waals surface area contributed by atoms with Crippen molar-refractivity contribution < 1.29 is 0 Å². The summed E-state index contributed by atoms with van der Waals surface area (Å²) < 4.78 is 0. The van der Waals surface area contributed by atoms with Crippen LogP contribution in [-0.4, -0.2) is 8.07 Å². The van der Waals surface area contributed by atoms with Crippen molar-refractivity contribution in [2.45, 2.75) is 47.2 Å². The summed E-state index contributed by atoms with van der Waals surface area (Å²) in [7, 11) is -1.17. The van der Waals surface area contributed by atoms with Gasteiger partial charge in [0, 0.05) is 0 Å². The van der Waals surface area contributed by atoms with Gasteiger partial charge in [0.2, 0.25) is 0 Å². The Morgan fingerprint density at radius 3 is 1.50 bits per heavy atom. The Morgan fingerprint density at radius 2 is 1.33 bits per heavy atom. The van der Waals surface area contributed by atoms with Crippen LogP contribution >= 0.6 is 0 Å². The summed E-state index contributed by atoms with van der Waals surface area (Å²) in [4.78, 5) is 0. The zero-order valence-corrected chi connectivity index (χ0v) is 10.4. The molecule has 0 aliphatic carbocycles. The minimum atomic E-state index is -1.17. The monoisotopic (exact) mass is 182 g/mol. The van der Waals surface area contributed by atoms with Gasteiger partial charge < -0.3 is 0 Å². The Morgan fingerprint density at radius 1 is 1.00 bits per heavy atom. The molecule has 0 atom stereocenters. The van der Waals surface area contributed by atoms with Crippen molar-refractivity contribution in [1.82, 2.24) is 0 Å². The van der Waals surface area contributed by atoms with Crippen LogP contribution in [0.25, 0.3) is 0 Å². The lowest BCUT2D eigenvalue weighted by Crippen LogP contribution is -2.24. The van der Waals surface area contributed by atoms with Crippen molar-refractivity contribution >= 4 is 8.07 Å². The Bertz CT molecular complexity index is 173. The van der Waals surface area contributed by atoms with E-state index in [1.807, 2.05) is 0 Å². The Balaban J connectivity index is 4.69. The molecule has 12 heavy (non-hydrogen) atoms. The molecule has 0 bridgehead atoms. The summed E-state index contributed by atoms with van der Waals surface area (Å²) in [5, 5.41) is 0. The van der Waals surface area contributed by atoms with Crippen LogP contribution in [0.4, 0.5) is 0 Å². The molecule has 0 heterocycles. The maximum Gasteiger partial charge on any atom is 0.0981 e. The first-order valence-electron chi connectivity index (χ1n) is 4.72. The van der Waals surface area contributed by atoms with Crippen molar-refractivity contribution in [2.75, 3.05) is 0 Å². The molecule has 1 heteroatoms. The van der Waals surface area contributed by atoms with Crippen LogP contribution in [0.15, 0.2) is 22.5 Å². The first-order valence-corrected chi connectivity index (χ1v) is 7.58. The third kappa shape index (κ3) is 4.55. The topological polar surface area (TPSA) is 0 Å². The maximum absolute atomic E-state index is 2.49. The average Bonchev–Trinajstić information content (AvgIpc) is 1.83. The lowest BCUT2D eigenvalue weighted by atomic mass is 10.4. The van der Waals surface area contributed by atoms with Gasteiger partial charge >= 0.3 is 0 Å². The zero-order valence-electron chi connectivity index (χ0n) is 9.36. The quantitative estimate of drug-likeness (QED) is 0.577. The Labute approximate surface area is 78.4 Å². The van der Waals surface area contributed by atoms with E-state index in [9.17, 15) is 0 Å². The second-order valence-corrected chi connectivity index (χ2v) is 8.60. The van der Waals surface area contributed by atoms with Crippen LogP contribution in [-0.2, 0) is 0 Å². The standard InChI is InChI=1S/C11H22Si/c1-7-12(6,8-10(2)3)9-11(4)5/h8-9H,7H2,1-6H3. The van der Waals surface area contributed by atoms with E-state index in [-0.39, 0.29) is 0 Å². The largest absolute Gasteiger partial charge is 0.0981 e. The van der Waals surface area contributed by atoms with Gasteiger partial charge in [-0.25, -0.2) is 0 Å². The molecule has 0 N–H and O–H groups in total. The van der Waals surface area contributed by atoms with Gasteiger partial charge in [0.05, 0.1) is 8.07 Å². The Kier molecular flexibility index (Phi) is 4.54. The SMILES string of the molecule is CC[Si](C)(C=C(C)C)C=C(C)C. The predicted molar refractivity (Wildman–Crippen MR) is 61.0 cm³/mol. The smallest absolute Gasteiger partial charge is 0.0919 e. The van der Waals surface area contributed by atoms with Crippen molar-refractivity contribution in [3.05, 3.63) is 22.5 Å². The van der Waals surface area contributed by atoms with E-state index in [0.29, 0.717) is 0 Å². The molecule has 0 fully saturated rings. The molecule has 0 saturated carbocycles. The van der Waals surface area contributed by atoms with E-state index < -0.39 is 8.07 Å². The highest BCUT2D eigenvalue weighted by Gasteiger charge is 2.17. The van der Waals surface area contributed by atoms with Crippen LogP contribution in [0.3, 0.4) is 0 Å². The maximum atomic E-state index is 2.49. The third-order valence-electron chi connectivity index (χ3n) is 2.00. The van der Waals surface area contributed by atoms with Gasteiger partial charge in [-0.05, 0) is 27.7 Å². The van der Waals surface area contributed by atoms with Crippen LogP contribution in [0.5, 0.6) is 0 Å². The van der Waals surface area contributed by atoms with Gasteiger partial charge in [-0.1, -0.05) is 42.1 Å². The number of rotatable bonds is 3. The van der Waals surface area contributed by atoms with Crippen molar-refractivity contribution in [3.63, 3.8) is 0 Å². The lowest BCUT2D eigenvalue weighted by Gasteiger charge is -2.18. The number of allylic oxidation sites excluding steroid dienone is 2. The summed E-state index contributed by atoms with van der Waals surface area (Å²) >= 11 is 0. The Hall–Kier alpha value is -0.303. The molecule has 0 aliphatic heterocycles. The van der Waals surface area contributed by atoms with Crippen LogP contribution in [0.2, 0.25) is 12.6 Å². The van der Waals surface area contributed by atoms with E-state index in [2.05, 4.69) is 52.6 Å². The fraction of sp³-hybridized carbons (Fsp3) is 0.636. The molecule has 0 radical (unpaired) electrons. The molecular formula is C11H22Si. The summed E-state index contributed by atoms with van der Waals surface area (Å²) in [5.74, 6) is 0. The minimum absolute atomic E-state index is 1.17. The molecule has 0 spiro atoms. The highest BCUT2D eigenvalue weighted by atomic mass is 28.3. The number of hydrogen-bond acceptors (Lipinski definition) is 0. The van der Waals surface area contributed by atoms with Gasteiger partial charge in [0.1, 0.15) is 0 Å². The fourth-order valence-corrected chi connectivity index (χ4v) is 4.69. The molecule has 0 aliphatic rings. The van der Waals surface area contributed by atoms with E-state index in [0.717, 1.165) is 0 Å². The second kappa shape index (κ2) is 4.66. The van der Waals surface area contributed by atoms with E-state index in [4.69, 9.17) is 0 Å². The summed E-state index contributed by atoms with van der Waals surface area (Å²) in [5.41, 5.74) is 7.90. The molecule has 70 valence electrons. The van der Waals surface area contributed by atoms with Gasteiger partial charge in [0.25, 0.3) is 0 Å². The molecule has 0 aromatic heterocycles. The number of hydrogen-bond donors (Lipinski definition) is 0. The highest BCUT2D eigenvalue weighted by molar-refractivity contribution is 6.88. The molecule has 0 unspecified atom stereocenters. The van der Waals surface area contributed by atoms with Crippen molar-refractivity contribution in [2.24, 2.45) is 0 Å². The van der Waals surface area contributed by atoms with E-state index >= 15 is 0 Å². The van der Waals surface area contributed by atoms with Crippen molar-refractivity contribution in [1.29, 1.82) is 0 Å². The molecular weight excluding hydrogens is 160 g/mol. The highest BCUT2D eigenvalue weighted by Crippen LogP contribution is 2.16. The zero-order chi connectivity index (χ0) is 9.78. The molecule has 0 nitrogen and oxygen atoms in total.